The lowest BCUT2D eigenvalue weighted by Crippen LogP contribution is -2.19. The average Bonchev–Trinajstić information content (AvgIpc) is 2.79. The van der Waals surface area contributed by atoms with Crippen LogP contribution in [-0.4, -0.2) is 6.03 Å². The lowest BCUT2D eigenvalue weighted by atomic mass is 9.98. The van der Waals surface area contributed by atoms with E-state index in [4.69, 9.17) is 5.73 Å². The van der Waals surface area contributed by atoms with Gasteiger partial charge >= 0.3 is 6.03 Å². The lowest BCUT2D eigenvalue weighted by molar-refractivity contribution is 0.259. The number of nitrogens with zero attached hydrogens (tertiary/aromatic N) is 2. The molecule has 0 fully saturated rings. The monoisotopic (exact) mass is 392 g/mol. The second kappa shape index (κ2) is 8.84. The van der Waals surface area contributed by atoms with E-state index in [0.29, 0.717) is 5.69 Å². The standard InChI is InChI=1S/C25H20N4O/c26-25(30)27-24-12-5-4-11-23(24)20-8-6-7-19(17-20)18-13-15-22(16-14-18)29-28-21-9-2-1-3-10-21/h1-17H,(H3,26,27,30). The summed E-state index contributed by atoms with van der Waals surface area (Å²) in [5.41, 5.74) is 11.6. The third-order valence-electron chi connectivity index (χ3n) is 4.60. The summed E-state index contributed by atoms with van der Waals surface area (Å²) in [5.74, 6) is 0. The van der Waals surface area contributed by atoms with Crippen molar-refractivity contribution in [1.82, 2.24) is 0 Å². The van der Waals surface area contributed by atoms with Gasteiger partial charge < -0.3 is 11.1 Å². The molecule has 0 unspecified atom stereocenters. The molecule has 2 amide bonds. The maximum Gasteiger partial charge on any atom is 0.316 e. The van der Waals surface area contributed by atoms with E-state index in [0.717, 1.165) is 33.6 Å². The van der Waals surface area contributed by atoms with Gasteiger partial charge in [0.05, 0.1) is 17.1 Å². The van der Waals surface area contributed by atoms with Gasteiger partial charge in [-0.15, -0.1) is 0 Å². The highest BCUT2D eigenvalue weighted by Crippen LogP contribution is 2.32. The number of nitrogens with one attached hydrogen (secondary N) is 1. The number of primary amides is 1. The van der Waals surface area contributed by atoms with Gasteiger partial charge in [0.2, 0.25) is 0 Å². The fourth-order valence-corrected chi connectivity index (χ4v) is 3.17. The first-order valence-corrected chi connectivity index (χ1v) is 9.52. The van der Waals surface area contributed by atoms with Gasteiger partial charge in [-0.25, -0.2) is 4.79 Å². The van der Waals surface area contributed by atoms with Crippen molar-refractivity contribution in [2.24, 2.45) is 16.0 Å². The Morgan fingerprint density at radius 3 is 2.00 bits per heavy atom. The second-order valence-electron chi connectivity index (χ2n) is 6.70. The highest BCUT2D eigenvalue weighted by atomic mass is 16.2. The SMILES string of the molecule is NC(=O)Nc1ccccc1-c1cccc(-c2ccc(N=Nc3ccccc3)cc2)c1. The summed E-state index contributed by atoms with van der Waals surface area (Å²) in [5, 5.41) is 11.2. The smallest absolute Gasteiger partial charge is 0.316 e. The van der Waals surface area contributed by atoms with Gasteiger partial charge in [0.1, 0.15) is 0 Å². The Hall–Kier alpha value is -4.25. The maximum absolute atomic E-state index is 11.3. The van der Waals surface area contributed by atoms with Crippen molar-refractivity contribution in [1.29, 1.82) is 0 Å². The Morgan fingerprint density at radius 1 is 0.633 bits per heavy atom. The van der Waals surface area contributed by atoms with Crippen LogP contribution in [0.4, 0.5) is 21.9 Å². The molecule has 5 heteroatoms. The van der Waals surface area contributed by atoms with Gasteiger partial charge in [0.15, 0.2) is 0 Å². The summed E-state index contributed by atoms with van der Waals surface area (Å²) in [7, 11) is 0. The van der Waals surface area contributed by atoms with Crippen LogP contribution in [0.1, 0.15) is 0 Å². The van der Waals surface area contributed by atoms with Crippen molar-refractivity contribution in [3.63, 3.8) is 0 Å². The van der Waals surface area contributed by atoms with Crippen molar-refractivity contribution in [3.05, 3.63) is 103 Å². The van der Waals surface area contributed by atoms with E-state index in [-0.39, 0.29) is 0 Å². The summed E-state index contributed by atoms with van der Waals surface area (Å²) in [6.45, 7) is 0. The number of azo groups is 1. The van der Waals surface area contributed by atoms with E-state index in [1.54, 1.807) is 0 Å². The molecule has 0 spiro atoms. The van der Waals surface area contributed by atoms with Crippen LogP contribution in [0.25, 0.3) is 22.3 Å². The van der Waals surface area contributed by atoms with Crippen LogP contribution in [0.15, 0.2) is 113 Å². The minimum absolute atomic E-state index is 0.584. The number of hydrogen-bond acceptors (Lipinski definition) is 3. The van der Waals surface area contributed by atoms with Gasteiger partial charge in [-0.05, 0) is 53.1 Å². The number of hydrogen-bond donors (Lipinski definition) is 2. The number of amides is 2. The second-order valence-corrected chi connectivity index (χ2v) is 6.70. The number of nitrogens with two attached hydrogens (primary N) is 1. The van der Waals surface area contributed by atoms with Crippen LogP contribution in [0.3, 0.4) is 0 Å². The fourth-order valence-electron chi connectivity index (χ4n) is 3.17. The molecule has 146 valence electrons. The van der Waals surface area contributed by atoms with Crippen molar-refractivity contribution < 1.29 is 4.79 Å². The number of para-hydroxylation sites is 1. The van der Waals surface area contributed by atoms with E-state index in [2.05, 4.69) is 21.6 Å². The van der Waals surface area contributed by atoms with Crippen molar-refractivity contribution in [3.8, 4) is 22.3 Å². The number of rotatable bonds is 5. The van der Waals surface area contributed by atoms with Crippen LogP contribution in [-0.2, 0) is 0 Å². The fraction of sp³-hybridized carbons (Fsp3) is 0. The number of benzene rings is 4. The van der Waals surface area contributed by atoms with Crippen LogP contribution in [0, 0.1) is 0 Å². The lowest BCUT2D eigenvalue weighted by Gasteiger charge is -2.11. The molecule has 0 bridgehead atoms. The predicted molar refractivity (Wildman–Crippen MR) is 121 cm³/mol. The van der Waals surface area contributed by atoms with Crippen molar-refractivity contribution in [2.45, 2.75) is 0 Å². The number of carbonyl (C=O) groups is 1. The molecule has 0 aliphatic heterocycles. The first kappa shape index (κ1) is 19.1. The van der Waals surface area contributed by atoms with E-state index in [9.17, 15) is 4.79 Å². The Balaban J connectivity index is 1.59. The molecule has 0 radical (unpaired) electrons. The van der Waals surface area contributed by atoms with E-state index < -0.39 is 6.03 Å². The summed E-state index contributed by atoms with van der Waals surface area (Å²) in [6.07, 6.45) is 0. The molecule has 0 aromatic heterocycles. The van der Waals surface area contributed by atoms with E-state index >= 15 is 0 Å². The topological polar surface area (TPSA) is 79.8 Å². The van der Waals surface area contributed by atoms with Gasteiger partial charge in [-0.1, -0.05) is 66.7 Å². The predicted octanol–water partition coefficient (Wildman–Crippen LogP) is 6.93. The molecule has 3 N–H and O–H groups in total. The summed E-state index contributed by atoms with van der Waals surface area (Å²) >= 11 is 0. The number of anilines is 1. The molecular weight excluding hydrogens is 372 g/mol. The third kappa shape index (κ3) is 4.59. The molecule has 0 aliphatic carbocycles. The highest BCUT2D eigenvalue weighted by molar-refractivity contribution is 5.94. The van der Waals surface area contributed by atoms with Crippen LogP contribution in [0.2, 0.25) is 0 Å². The zero-order valence-electron chi connectivity index (χ0n) is 16.2. The largest absolute Gasteiger partial charge is 0.351 e. The molecule has 0 atom stereocenters. The van der Waals surface area contributed by atoms with E-state index in [1.165, 1.54) is 0 Å². The first-order chi connectivity index (χ1) is 14.7. The molecule has 0 saturated heterocycles. The quantitative estimate of drug-likeness (QED) is 0.355. The minimum Gasteiger partial charge on any atom is -0.351 e. The van der Waals surface area contributed by atoms with Crippen molar-refractivity contribution >= 4 is 23.1 Å². The van der Waals surface area contributed by atoms with Gasteiger partial charge in [-0.3, -0.25) is 0 Å². The Kier molecular flexibility index (Phi) is 5.62. The van der Waals surface area contributed by atoms with Crippen LogP contribution in [0.5, 0.6) is 0 Å². The zero-order chi connectivity index (χ0) is 20.8. The normalized spacial score (nSPS) is 10.8. The Labute approximate surface area is 174 Å². The minimum atomic E-state index is -0.584. The van der Waals surface area contributed by atoms with Crippen molar-refractivity contribution in [2.75, 3.05) is 5.32 Å². The first-order valence-electron chi connectivity index (χ1n) is 9.52. The molecule has 0 heterocycles. The molecule has 0 saturated carbocycles. The molecular formula is C25H20N4O. The average molecular weight is 392 g/mol. The summed E-state index contributed by atoms with van der Waals surface area (Å²) in [6, 6.07) is 32.7. The summed E-state index contributed by atoms with van der Waals surface area (Å²) in [4.78, 5) is 11.3. The Bertz CT molecular complexity index is 1190. The van der Waals surface area contributed by atoms with Crippen LogP contribution < -0.4 is 11.1 Å². The maximum atomic E-state index is 11.3. The molecule has 4 aromatic rings. The Morgan fingerprint density at radius 2 is 1.27 bits per heavy atom. The third-order valence-corrected chi connectivity index (χ3v) is 4.60. The zero-order valence-corrected chi connectivity index (χ0v) is 16.2. The highest BCUT2D eigenvalue weighted by Gasteiger charge is 2.07. The van der Waals surface area contributed by atoms with Gasteiger partial charge in [0, 0.05) is 5.56 Å². The molecule has 0 aliphatic rings. The van der Waals surface area contributed by atoms with Crippen LogP contribution >= 0.6 is 0 Å². The van der Waals surface area contributed by atoms with E-state index in [1.807, 2.05) is 97.1 Å². The molecule has 5 nitrogen and oxygen atoms in total. The van der Waals surface area contributed by atoms with Gasteiger partial charge in [-0.2, -0.15) is 10.2 Å². The molecule has 4 aromatic carbocycles. The molecule has 30 heavy (non-hydrogen) atoms. The number of urea groups is 1. The van der Waals surface area contributed by atoms with Gasteiger partial charge in [0.25, 0.3) is 0 Å². The molecule has 4 rings (SSSR count). The summed E-state index contributed by atoms with van der Waals surface area (Å²) < 4.78 is 0. The number of carbonyl (C=O) groups excluding carboxylic acids is 1.